The molecule has 51 heavy (non-hydrogen) atoms. The lowest BCUT2D eigenvalue weighted by molar-refractivity contribution is -0.337. The lowest BCUT2D eigenvalue weighted by Gasteiger charge is -2.43. The Balaban J connectivity index is 1.27. The van der Waals surface area contributed by atoms with Gasteiger partial charge in [-0.25, -0.2) is 0 Å². The number of benzene rings is 2. The summed E-state index contributed by atoms with van der Waals surface area (Å²) in [4.78, 5) is 26.8. The van der Waals surface area contributed by atoms with E-state index < -0.39 is 128 Å². The predicted molar refractivity (Wildman–Crippen MR) is 165 cm³/mol. The minimum atomic E-state index is -2.05. The third-order valence-corrected chi connectivity index (χ3v) is 9.58. The number of hydrogen-bond donors (Lipinski definition) is 12. The van der Waals surface area contributed by atoms with Gasteiger partial charge in [-0.1, -0.05) is 0 Å². The molecule has 15 atom stereocenters. The molecule has 19 nitrogen and oxygen atoms in total. The first-order chi connectivity index (χ1) is 24.0. The number of rotatable bonds is 11. The molecule has 0 bridgehead atoms. The van der Waals surface area contributed by atoms with Crippen molar-refractivity contribution in [1.82, 2.24) is 0 Å². The summed E-state index contributed by atoms with van der Waals surface area (Å²) < 4.78 is 27.1. The molecule has 2 aliphatic heterocycles. The van der Waals surface area contributed by atoms with Crippen molar-refractivity contribution in [2.75, 3.05) is 20.3 Å². The molecule has 0 aromatic heterocycles. The average molecular weight is 731 g/mol. The molecule has 2 aromatic carbocycles. The zero-order valence-corrected chi connectivity index (χ0v) is 27.2. The Hall–Kier alpha value is -3.12. The highest BCUT2D eigenvalue weighted by Crippen LogP contribution is 2.43. The highest BCUT2D eigenvalue weighted by Gasteiger charge is 2.50. The Labute approximate surface area is 289 Å². The third-order valence-electron chi connectivity index (χ3n) is 9.58. The highest BCUT2D eigenvalue weighted by atomic mass is 16.7. The van der Waals surface area contributed by atoms with E-state index >= 15 is 0 Å². The monoisotopic (exact) mass is 730 g/mol. The van der Waals surface area contributed by atoms with Crippen molar-refractivity contribution < 1.29 is 94.6 Å². The Morgan fingerprint density at radius 1 is 0.882 bits per heavy atom. The normalized spacial score (nSPS) is 36.0. The molecule has 5 rings (SSSR count). The smallest absolute Gasteiger partial charge is 0.195 e. The number of hydrogen-bond acceptors (Lipinski definition) is 19. The van der Waals surface area contributed by atoms with Gasteiger partial charge in [0, 0.05) is 19.1 Å². The Morgan fingerprint density at radius 3 is 2.12 bits per heavy atom. The zero-order chi connectivity index (χ0) is 37.6. The maximum Gasteiger partial charge on any atom is 0.195 e. The number of carbonyl (C=O) groups is 2. The van der Waals surface area contributed by atoms with E-state index in [2.05, 4.69) is 0 Å². The second kappa shape index (κ2) is 15.5. The number of carbonyl (C=O) groups excluding carboxylic acids is 2. The minimum Gasteiger partial charge on any atom is -0.508 e. The number of aliphatic hydroxyl groups is 9. The summed E-state index contributed by atoms with van der Waals surface area (Å²) in [5.41, 5.74) is -0.150. The Morgan fingerprint density at radius 2 is 1.49 bits per heavy atom. The van der Waals surface area contributed by atoms with Gasteiger partial charge < -0.3 is 85.0 Å². The van der Waals surface area contributed by atoms with Crippen LogP contribution in [0.15, 0.2) is 18.2 Å². The number of phenolic OH excluding ortho intramolecular Hbond substituents is 3. The molecular formula is C32H42O19. The number of phenols is 3. The van der Waals surface area contributed by atoms with Crippen LogP contribution in [0.1, 0.15) is 22.8 Å². The second-order valence-corrected chi connectivity index (χ2v) is 12.9. The van der Waals surface area contributed by atoms with Crippen LogP contribution in [0.25, 0.3) is 10.8 Å². The van der Waals surface area contributed by atoms with E-state index in [-0.39, 0.29) is 34.1 Å². The number of aromatic hydroxyl groups is 3. The average Bonchev–Trinajstić information content (AvgIpc) is 3.09. The number of Topliss-reactive ketones (excluding diaryl/α,β-unsaturated/α-hetero) is 2. The van der Waals surface area contributed by atoms with Crippen LogP contribution in [0.2, 0.25) is 0 Å². The molecule has 1 aliphatic carbocycles. The maximum atomic E-state index is 13.6. The number of ether oxygens (including phenoxy) is 5. The van der Waals surface area contributed by atoms with Crippen molar-refractivity contribution in [3.8, 4) is 17.2 Å². The summed E-state index contributed by atoms with van der Waals surface area (Å²) >= 11 is 0. The zero-order valence-electron chi connectivity index (χ0n) is 27.2. The predicted octanol–water partition coefficient (Wildman–Crippen LogP) is -4.35. The van der Waals surface area contributed by atoms with Crippen molar-refractivity contribution in [3.05, 3.63) is 29.3 Å². The quantitative estimate of drug-likeness (QED) is 0.104. The standard InChI is InChI=1S/C32H42O19/c1-9(49-32-29(46)26(43)22(39)16(51-32)8-48-31-28(45)25(42)21(38)15(7-33)50-31)19(36)27(44)30(47-2)13-5-11-3-10-4-12(34)6-14(35)17(10)23(40)18(11)24(41)20(13)37/h3-4,6,9,13,15-16,19-22,25-26,28-40,42-43,45-46H,5,7-8H2,1-2H3/t9-,13-,15-,16-,19+,20+,21-,22-,25+,26+,28-,29-,30+,31-,32-/m1/s1. The van der Waals surface area contributed by atoms with Crippen LogP contribution in [0.5, 0.6) is 17.2 Å². The van der Waals surface area contributed by atoms with Crippen molar-refractivity contribution in [2.24, 2.45) is 5.92 Å². The van der Waals surface area contributed by atoms with Gasteiger partial charge in [0.15, 0.2) is 24.1 Å². The van der Waals surface area contributed by atoms with Gasteiger partial charge in [0.05, 0.1) is 30.3 Å². The Kier molecular flexibility index (Phi) is 11.9. The van der Waals surface area contributed by atoms with E-state index in [9.17, 15) is 70.9 Å². The largest absolute Gasteiger partial charge is 0.508 e. The van der Waals surface area contributed by atoms with E-state index in [1.807, 2.05) is 0 Å². The van der Waals surface area contributed by atoms with Gasteiger partial charge in [-0.3, -0.25) is 9.59 Å². The summed E-state index contributed by atoms with van der Waals surface area (Å²) in [7, 11) is 1.09. The van der Waals surface area contributed by atoms with Gasteiger partial charge in [-0.2, -0.15) is 0 Å². The highest BCUT2D eigenvalue weighted by molar-refractivity contribution is 6.11. The van der Waals surface area contributed by atoms with E-state index in [4.69, 9.17) is 23.7 Å². The molecule has 0 amide bonds. The SMILES string of the molecule is CO[C@H](C(=O)[C@@H](O)[C@@H](C)O[C@@H]1O[C@H](CO[C@@H]2O[C@H](CO)[C@@H](O)[C@H](O)[C@H]2O)[C@@H](O)[C@H](O)[C@H]1O)[C@@H]1Cc2cc3cc(O)cc(O)c3c(O)c2C(=O)[C@H]1O. The van der Waals surface area contributed by atoms with Crippen LogP contribution >= 0.6 is 0 Å². The molecule has 0 saturated carbocycles. The molecule has 2 fully saturated rings. The first-order valence-electron chi connectivity index (χ1n) is 16.0. The third kappa shape index (κ3) is 7.28. The fraction of sp³-hybridized carbons (Fsp3) is 0.625. The number of fused-ring (bicyclic) bond motifs is 2. The molecule has 0 unspecified atom stereocenters. The van der Waals surface area contributed by atoms with E-state index in [1.54, 1.807) is 0 Å². The van der Waals surface area contributed by atoms with Crippen molar-refractivity contribution in [1.29, 1.82) is 0 Å². The number of aliphatic hydroxyl groups excluding tert-OH is 9. The van der Waals surface area contributed by atoms with E-state index in [0.717, 1.165) is 13.2 Å². The Bertz CT molecular complexity index is 1580. The topological polar surface area (TPSA) is 323 Å². The van der Waals surface area contributed by atoms with Crippen LogP contribution in [0, 0.1) is 5.92 Å². The molecule has 12 N–H and O–H groups in total. The van der Waals surface area contributed by atoms with Crippen molar-refractivity contribution >= 4 is 22.3 Å². The van der Waals surface area contributed by atoms with Crippen molar-refractivity contribution in [3.63, 3.8) is 0 Å². The molecule has 2 aromatic rings. The lowest BCUT2D eigenvalue weighted by atomic mass is 9.75. The minimum absolute atomic E-state index is 0.140. The van der Waals surface area contributed by atoms with Crippen LogP contribution in [0.3, 0.4) is 0 Å². The van der Waals surface area contributed by atoms with Crippen LogP contribution in [-0.4, -0.2) is 179 Å². The lowest BCUT2D eigenvalue weighted by Crippen LogP contribution is -2.62. The molecule has 0 radical (unpaired) electrons. The number of ketones is 2. The summed E-state index contributed by atoms with van der Waals surface area (Å²) in [6.45, 7) is -0.199. The fourth-order valence-electron chi connectivity index (χ4n) is 6.71. The molecule has 19 heteroatoms. The first-order valence-corrected chi connectivity index (χ1v) is 16.0. The van der Waals surface area contributed by atoms with E-state index in [1.165, 1.54) is 19.1 Å². The molecule has 3 aliphatic rings. The van der Waals surface area contributed by atoms with Gasteiger partial charge in [0.2, 0.25) is 0 Å². The van der Waals surface area contributed by atoms with Gasteiger partial charge in [-0.15, -0.1) is 0 Å². The second-order valence-electron chi connectivity index (χ2n) is 12.9. The van der Waals surface area contributed by atoms with Gasteiger partial charge in [0.1, 0.15) is 84.4 Å². The molecule has 2 heterocycles. The van der Waals surface area contributed by atoms with Crippen LogP contribution < -0.4 is 0 Å². The van der Waals surface area contributed by atoms with Crippen LogP contribution in [-0.2, 0) is 34.9 Å². The number of methoxy groups -OCH3 is 1. The van der Waals surface area contributed by atoms with Crippen molar-refractivity contribution in [2.45, 2.75) is 99.2 Å². The summed E-state index contributed by atoms with van der Waals surface area (Å²) in [6.07, 6.45) is -24.5. The summed E-state index contributed by atoms with van der Waals surface area (Å²) in [5.74, 6) is -4.85. The van der Waals surface area contributed by atoms with Gasteiger partial charge in [-0.05, 0) is 36.4 Å². The summed E-state index contributed by atoms with van der Waals surface area (Å²) in [5, 5.41) is 124. The fourth-order valence-corrected chi connectivity index (χ4v) is 6.71. The summed E-state index contributed by atoms with van der Waals surface area (Å²) in [6, 6.07) is 3.58. The molecule has 0 spiro atoms. The molecule has 284 valence electrons. The maximum absolute atomic E-state index is 13.6. The van der Waals surface area contributed by atoms with Gasteiger partial charge in [0.25, 0.3) is 0 Å². The molecular weight excluding hydrogens is 688 g/mol. The molecule has 2 saturated heterocycles. The van der Waals surface area contributed by atoms with E-state index in [0.29, 0.717) is 0 Å². The van der Waals surface area contributed by atoms with Gasteiger partial charge >= 0.3 is 0 Å². The first kappa shape index (κ1) is 39.1. The van der Waals surface area contributed by atoms with Crippen LogP contribution in [0.4, 0.5) is 0 Å².